The van der Waals surface area contributed by atoms with Crippen LogP contribution in [0, 0.1) is 5.82 Å². The fraction of sp³-hybridized carbons (Fsp3) is 0.333. The van der Waals surface area contributed by atoms with Crippen LogP contribution in [0.1, 0.15) is 18.4 Å². The Balaban J connectivity index is 1.62. The summed E-state index contributed by atoms with van der Waals surface area (Å²) in [7, 11) is 0. The number of piperidine rings is 1. The van der Waals surface area contributed by atoms with Crippen molar-refractivity contribution in [2.24, 2.45) is 0 Å². The van der Waals surface area contributed by atoms with Gasteiger partial charge in [0.1, 0.15) is 22.7 Å². The van der Waals surface area contributed by atoms with Crippen LogP contribution in [0.15, 0.2) is 42.7 Å². The Morgan fingerprint density at radius 1 is 1.38 bits per heavy atom. The first-order chi connectivity index (χ1) is 11.6. The lowest BCUT2D eigenvalue weighted by atomic mass is 10.1. The molecule has 2 aromatic rings. The number of aromatic nitrogens is 1. The van der Waals surface area contributed by atoms with Gasteiger partial charge in [-0.15, -0.1) is 0 Å². The maximum atomic E-state index is 13.7. The zero-order valence-electron chi connectivity index (χ0n) is 13.1. The predicted molar refractivity (Wildman–Crippen MR) is 89.6 cm³/mol. The average molecular weight is 349 g/mol. The molecular weight excluding hydrogens is 331 g/mol. The van der Waals surface area contributed by atoms with Crippen LogP contribution in [0.25, 0.3) is 0 Å². The van der Waals surface area contributed by atoms with Crippen LogP contribution >= 0.6 is 11.6 Å². The van der Waals surface area contributed by atoms with Crippen molar-refractivity contribution < 1.29 is 13.9 Å². The first kappa shape index (κ1) is 16.7. The van der Waals surface area contributed by atoms with E-state index >= 15 is 0 Å². The van der Waals surface area contributed by atoms with Crippen molar-refractivity contribution in [3.05, 3.63) is 59.1 Å². The minimum Gasteiger partial charge on any atom is -0.487 e. The summed E-state index contributed by atoms with van der Waals surface area (Å²) in [6.07, 6.45) is 4.78. The monoisotopic (exact) mass is 348 g/mol. The maximum Gasteiger partial charge on any atom is 0.227 e. The molecular formula is C18H18ClFN2O2. The topological polar surface area (TPSA) is 42.4 Å². The molecule has 4 nitrogen and oxygen atoms in total. The molecule has 1 atom stereocenters. The van der Waals surface area contributed by atoms with Crippen LogP contribution in [0.4, 0.5) is 4.39 Å². The number of benzene rings is 1. The summed E-state index contributed by atoms with van der Waals surface area (Å²) in [6, 6.07) is 8.08. The second kappa shape index (κ2) is 7.62. The third-order valence-corrected chi connectivity index (χ3v) is 4.34. The van der Waals surface area contributed by atoms with Crippen molar-refractivity contribution in [1.29, 1.82) is 0 Å². The molecule has 1 aliphatic heterocycles. The molecule has 126 valence electrons. The lowest BCUT2D eigenvalue weighted by molar-refractivity contribution is -0.133. The van der Waals surface area contributed by atoms with Crippen LogP contribution in [-0.4, -0.2) is 35.0 Å². The zero-order valence-corrected chi connectivity index (χ0v) is 13.9. The molecule has 0 radical (unpaired) electrons. The van der Waals surface area contributed by atoms with Crippen molar-refractivity contribution in [2.45, 2.75) is 25.4 Å². The van der Waals surface area contributed by atoms with Crippen LogP contribution in [-0.2, 0) is 11.2 Å². The Labute approximate surface area is 145 Å². The van der Waals surface area contributed by atoms with Crippen LogP contribution < -0.4 is 4.74 Å². The largest absolute Gasteiger partial charge is 0.487 e. The number of amides is 1. The van der Waals surface area contributed by atoms with Gasteiger partial charge in [-0.2, -0.15) is 0 Å². The Hall–Kier alpha value is -2.14. The van der Waals surface area contributed by atoms with Crippen LogP contribution in [0.5, 0.6) is 5.75 Å². The summed E-state index contributed by atoms with van der Waals surface area (Å²) < 4.78 is 19.6. The van der Waals surface area contributed by atoms with Crippen molar-refractivity contribution in [3.8, 4) is 5.75 Å². The summed E-state index contributed by atoms with van der Waals surface area (Å²) in [5.74, 6) is 0.133. The molecule has 1 aromatic carbocycles. The van der Waals surface area contributed by atoms with Crippen molar-refractivity contribution >= 4 is 17.5 Å². The molecule has 1 saturated heterocycles. The molecule has 0 aliphatic carbocycles. The minimum atomic E-state index is -0.348. The predicted octanol–water partition coefficient (Wildman–Crippen LogP) is 3.49. The van der Waals surface area contributed by atoms with Crippen molar-refractivity contribution in [2.75, 3.05) is 13.1 Å². The standard InChI is InChI=1S/C18H18ClFN2O2/c19-15-11-21-8-7-17(15)24-14-5-3-9-22(12-14)18(23)10-13-4-1-2-6-16(13)20/h1-2,4,6-8,11,14H,3,5,9-10,12H2/t14-/m1/s1. The number of halogens is 2. The lowest BCUT2D eigenvalue weighted by Gasteiger charge is -2.33. The quantitative estimate of drug-likeness (QED) is 0.849. The van der Waals surface area contributed by atoms with E-state index in [1.807, 2.05) is 0 Å². The number of nitrogens with zero attached hydrogens (tertiary/aromatic N) is 2. The van der Waals surface area contributed by atoms with E-state index in [0.717, 1.165) is 12.8 Å². The van der Waals surface area contributed by atoms with Gasteiger partial charge in [0, 0.05) is 25.0 Å². The number of likely N-dealkylation sites (tertiary alicyclic amines) is 1. The summed E-state index contributed by atoms with van der Waals surface area (Å²) in [5.41, 5.74) is 0.419. The number of hydrogen-bond acceptors (Lipinski definition) is 3. The highest BCUT2D eigenvalue weighted by molar-refractivity contribution is 6.31. The fourth-order valence-electron chi connectivity index (χ4n) is 2.81. The van der Waals surface area contributed by atoms with E-state index in [1.54, 1.807) is 35.4 Å². The number of carbonyl (C=O) groups is 1. The van der Waals surface area contributed by atoms with E-state index in [0.29, 0.717) is 29.4 Å². The van der Waals surface area contributed by atoms with Gasteiger partial charge in [-0.1, -0.05) is 29.8 Å². The van der Waals surface area contributed by atoms with E-state index in [-0.39, 0.29) is 24.2 Å². The highest BCUT2D eigenvalue weighted by Gasteiger charge is 2.25. The summed E-state index contributed by atoms with van der Waals surface area (Å²) >= 11 is 6.06. The molecule has 6 heteroatoms. The average Bonchev–Trinajstić information content (AvgIpc) is 2.59. The second-order valence-corrected chi connectivity index (χ2v) is 6.20. The number of rotatable bonds is 4. The van der Waals surface area contributed by atoms with E-state index in [1.165, 1.54) is 12.3 Å². The van der Waals surface area contributed by atoms with Crippen LogP contribution in [0.2, 0.25) is 5.02 Å². The Kier molecular flexibility index (Phi) is 5.30. The third-order valence-electron chi connectivity index (χ3n) is 4.06. The van der Waals surface area contributed by atoms with E-state index < -0.39 is 0 Å². The van der Waals surface area contributed by atoms with Gasteiger partial charge >= 0.3 is 0 Å². The number of pyridine rings is 1. The molecule has 0 spiro atoms. The van der Waals surface area contributed by atoms with Gasteiger partial charge < -0.3 is 9.64 Å². The van der Waals surface area contributed by atoms with E-state index in [4.69, 9.17) is 16.3 Å². The van der Waals surface area contributed by atoms with E-state index in [2.05, 4.69) is 4.98 Å². The molecule has 3 rings (SSSR count). The first-order valence-corrected chi connectivity index (χ1v) is 8.28. The van der Waals surface area contributed by atoms with Gasteiger partial charge in [-0.3, -0.25) is 9.78 Å². The highest BCUT2D eigenvalue weighted by Crippen LogP contribution is 2.25. The van der Waals surface area contributed by atoms with E-state index in [9.17, 15) is 9.18 Å². The number of hydrogen-bond donors (Lipinski definition) is 0. The first-order valence-electron chi connectivity index (χ1n) is 7.91. The zero-order chi connectivity index (χ0) is 16.9. The Morgan fingerprint density at radius 3 is 3.00 bits per heavy atom. The number of ether oxygens (including phenoxy) is 1. The minimum absolute atomic E-state index is 0.0649. The SMILES string of the molecule is O=C(Cc1ccccc1F)N1CCC[C@@H](Oc2ccncc2Cl)C1. The van der Waals surface area contributed by atoms with Gasteiger partial charge in [-0.05, 0) is 24.5 Å². The van der Waals surface area contributed by atoms with Crippen molar-refractivity contribution in [1.82, 2.24) is 9.88 Å². The molecule has 1 fully saturated rings. The normalized spacial score (nSPS) is 17.6. The smallest absolute Gasteiger partial charge is 0.227 e. The molecule has 1 amide bonds. The molecule has 0 N–H and O–H groups in total. The summed E-state index contributed by atoms with van der Waals surface area (Å²) in [6.45, 7) is 1.14. The van der Waals surface area contributed by atoms with Gasteiger partial charge in [-0.25, -0.2) is 4.39 Å². The molecule has 0 bridgehead atoms. The third kappa shape index (κ3) is 4.03. The Bertz CT molecular complexity index is 726. The molecule has 1 aliphatic rings. The molecule has 2 heterocycles. The van der Waals surface area contributed by atoms with Crippen molar-refractivity contribution in [3.63, 3.8) is 0 Å². The summed E-state index contributed by atoms with van der Waals surface area (Å²) in [5, 5.41) is 0.451. The van der Waals surface area contributed by atoms with Gasteiger partial charge in [0.05, 0.1) is 13.0 Å². The van der Waals surface area contributed by atoms with Gasteiger partial charge in [0.15, 0.2) is 0 Å². The lowest BCUT2D eigenvalue weighted by Crippen LogP contribution is -2.45. The molecule has 1 aromatic heterocycles. The molecule has 0 unspecified atom stereocenters. The molecule has 0 saturated carbocycles. The highest BCUT2D eigenvalue weighted by atomic mass is 35.5. The Morgan fingerprint density at radius 2 is 2.21 bits per heavy atom. The number of carbonyl (C=O) groups excluding carboxylic acids is 1. The summed E-state index contributed by atoms with van der Waals surface area (Å²) in [4.78, 5) is 18.1. The fourth-order valence-corrected chi connectivity index (χ4v) is 2.98. The second-order valence-electron chi connectivity index (χ2n) is 5.80. The van der Waals surface area contributed by atoms with Crippen LogP contribution in [0.3, 0.4) is 0 Å². The van der Waals surface area contributed by atoms with Gasteiger partial charge in [0.2, 0.25) is 5.91 Å². The van der Waals surface area contributed by atoms with Gasteiger partial charge in [0.25, 0.3) is 0 Å². The molecule has 24 heavy (non-hydrogen) atoms. The maximum absolute atomic E-state index is 13.7.